The maximum atomic E-state index is 13.4. The second-order valence-corrected chi connectivity index (χ2v) is 4.43. The molecular formula is C13H17BrFN. The number of nitrogens with one attached hydrogen (secondary N) is 1. The first-order valence-electron chi connectivity index (χ1n) is 5.42. The molecule has 0 saturated carbocycles. The van der Waals surface area contributed by atoms with Gasteiger partial charge in [0.25, 0.3) is 0 Å². The van der Waals surface area contributed by atoms with E-state index in [2.05, 4.69) is 27.8 Å². The van der Waals surface area contributed by atoms with Crippen LogP contribution in [0.3, 0.4) is 0 Å². The van der Waals surface area contributed by atoms with Gasteiger partial charge < -0.3 is 5.32 Å². The summed E-state index contributed by atoms with van der Waals surface area (Å²) in [5.74, 6) is -0.215. The smallest absolute Gasteiger partial charge is 0.119 e. The van der Waals surface area contributed by atoms with Crippen molar-refractivity contribution in [2.24, 2.45) is 5.92 Å². The van der Waals surface area contributed by atoms with Gasteiger partial charge in [0.15, 0.2) is 0 Å². The molecule has 0 aliphatic carbocycles. The van der Waals surface area contributed by atoms with E-state index in [0.29, 0.717) is 6.54 Å². The summed E-state index contributed by atoms with van der Waals surface area (Å²) in [5.41, 5.74) is 1.17. The van der Waals surface area contributed by atoms with Crippen molar-refractivity contribution < 1.29 is 4.39 Å². The minimum Gasteiger partial charge on any atom is -0.387 e. The minimum atomic E-state index is -0.196. The van der Waals surface area contributed by atoms with Crippen LogP contribution in [-0.2, 0) is 0 Å². The molecule has 0 radical (unpaired) electrons. The van der Waals surface area contributed by atoms with E-state index in [4.69, 9.17) is 0 Å². The molecule has 0 fully saturated rings. The molecule has 1 atom stereocenters. The van der Waals surface area contributed by atoms with Crippen LogP contribution in [0.4, 0.5) is 4.39 Å². The van der Waals surface area contributed by atoms with Crippen LogP contribution in [0.15, 0.2) is 48.5 Å². The molecule has 0 aromatic heterocycles. The molecule has 88 valence electrons. The predicted octanol–water partition coefficient (Wildman–Crippen LogP) is 3.86. The Hall–Kier alpha value is -0.830. The molecule has 1 rings (SSSR count). The van der Waals surface area contributed by atoms with Crippen molar-refractivity contribution in [2.45, 2.75) is 12.8 Å². The number of alkyl halides is 1. The Morgan fingerprint density at radius 2 is 2.44 bits per heavy atom. The standard InChI is InChI=1S/C13H17BrFN/c1-2-11-9-13(15)6-4-8-16-10-12(11)5-3-7-14/h2,4,6,9-11,16H,1,3,5,7-8H2/b6-4-,12-10-,13-9+. The van der Waals surface area contributed by atoms with Gasteiger partial charge in [-0.15, -0.1) is 6.58 Å². The molecule has 0 amide bonds. The van der Waals surface area contributed by atoms with Crippen LogP contribution >= 0.6 is 15.9 Å². The third-order valence-corrected chi connectivity index (χ3v) is 2.98. The van der Waals surface area contributed by atoms with E-state index in [0.717, 1.165) is 18.2 Å². The van der Waals surface area contributed by atoms with Crippen LogP contribution in [0.5, 0.6) is 0 Å². The van der Waals surface area contributed by atoms with Gasteiger partial charge in [0.1, 0.15) is 5.83 Å². The fourth-order valence-corrected chi connectivity index (χ4v) is 1.87. The molecule has 1 nitrogen and oxygen atoms in total. The highest BCUT2D eigenvalue weighted by molar-refractivity contribution is 9.09. The maximum Gasteiger partial charge on any atom is 0.119 e. The molecule has 16 heavy (non-hydrogen) atoms. The van der Waals surface area contributed by atoms with Crippen molar-refractivity contribution in [3.8, 4) is 0 Å². The quantitative estimate of drug-likeness (QED) is 0.611. The van der Waals surface area contributed by atoms with Crippen LogP contribution in [0.25, 0.3) is 0 Å². The van der Waals surface area contributed by atoms with Gasteiger partial charge in [-0.25, -0.2) is 4.39 Å². The molecule has 1 N–H and O–H groups in total. The lowest BCUT2D eigenvalue weighted by Crippen LogP contribution is -2.08. The summed E-state index contributed by atoms with van der Waals surface area (Å²) in [7, 11) is 0. The van der Waals surface area contributed by atoms with Crippen LogP contribution in [0.2, 0.25) is 0 Å². The summed E-state index contributed by atoms with van der Waals surface area (Å²) in [4.78, 5) is 0. The first-order valence-corrected chi connectivity index (χ1v) is 6.54. The van der Waals surface area contributed by atoms with E-state index in [1.165, 1.54) is 11.6 Å². The molecule has 0 saturated heterocycles. The molecule has 1 unspecified atom stereocenters. The Labute approximate surface area is 105 Å². The predicted molar refractivity (Wildman–Crippen MR) is 71.1 cm³/mol. The van der Waals surface area contributed by atoms with Gasteiger partial charge in [-0.3, -0.25) is 0 Å². The highest BCUT2D eigenvalue weighted by Crippen LogP contribution is 2.22. The summed E-state index contributed by atoms with van der Waals surface area (Å²) in [6.07, 6.45) is 10.6. The summed E-state index contributed by atoms with van der Waals surface area (Å²) >= 11 is 3.41. The first-order chi connectivity index (χ1) is 7.77. The van der Waals surface area contributed by atoms with Gasteiger partial charge in [-0.05, 0) is 36.8 Å². The molecule has 0 aromatic rings. The fraction of sp³-hybridized carbons (Fsp3) is 0.385. The molecule has 0 spiro atoms. The minimum absolute atomic E-state index is 0.0192. The van der Waals surface area contributed by atoms with Gasteiger partial charge in [-0.2, -0.15) is 0 Å². The number of halogens is 2. The second kappa shape index (κ2) is 7.44. The SMILES string of the molecule is C=CC1/C=C(F)\C=C/CN/C=C\1CCCBr. The van der Waals surface area contributed by atoms with Crippen molar-refractivity contribution in [2.75, 3.05) is 11.9 Å². The average Bonchev–Trinajstić information content (AvgIpc) is 2.37. The van der Waals surface area contributed by atoms with Crippen LogP contribution in [0.1, 0.15) is 12.8 Å². The summed E-state index contributed by atoms with van der Waals surface area (Å²) < 4.78 is 13.4. The molecule has 1 heterocycles. The van der Waals surface area contributed by atoms with Crippen molar-refractivity contribution in [3.05, 3.63) is 48.5 Å². The van der Waals surface area contributed by atoms with E-state index in [1.54, 1.807) is 18.2 Å². The maximum absolute atomic E-state index is 13.4. The number of hydrogen-bond donors (Lipinski definition) is 1. The van der Waals surface area contributed by atoms with E-state index in [-0.39, 0.29) is 11.7 Å². The van der Waals surface area contributed by atoms with Crippen LogP contribution < -0.4 is 5.32 Å². The van der Waals surface area contributed by atoms with Gasteiger partial charge in [0.2, 0.25) is 0 Å². The highest BCUT2D eigenvalue weighted by atomic mass is 79.9. The second-order valence-electron chi connectivity index (χ2n) is 3.64. The lowest BCUT2D eigenvalue weighted by molar-refractivity contribution is 0.651. The third-order valence-electron chi connectivity index (χ3n) is 2.42. The summed E-state index contributed by atoms with van der Waals surface area (Å²) in [6.45, 7) is 4.42. The Morgan fingerprint density at radius 3 is 3.12 bits per heavy atom. The van der Waals surface area contributed by atoms with Gasteiger partial charge in [0, 0.05) is 17.8 Å². The Morgan fingerprint density at radius 1 is 1.62 bits per heavy atom. The molecule has 1 aliphatic heterocycles. The normalized spacial score (nSPS) is 29.5. The van der Waals surface area contributed by atoms with E-state index >= 15 is 0 Å². The average molecular weight is 286 g/mol. The van der Waals surface area contributed by atoms with E-state index < -0.39 is 0 Å². The molecule has 0 bridgehead atoms. The topological polar surface area (TPSA) is 12.0 Å². The van der Waals surface area contributed by atoms with Crippen molar-refractivity contribution >= 4 is 15.9 Å². The lowest BCUT2D eigenvalue weighted by atomic mass is 9.95. The number of allylic oxidation sites excluding steroid dienone is 5. The molecule has 3 heteroatoms. The lowest BCUT2D eigenvalue weighted by Gasteiger charge is -2.13. The van der Waals surface area contributed by atoms with E-state index in [9.17, 15) is 4.39 Å². The van der Waals surface area contributed by atoms with Crippen molar-refractivity contribution in [1.29, 1.82) is 0 Å². The van der Waals surface area contributed by atoms with Crippen molar-refractivity contribution in [1.82, 2.24) is 5.32 Å². The number of hydrogen-bond acceptors (Lipinski definition) is 1. The Bertz CT molecular complexity index is 318. The molecule has 0 aromatic carbocycles. The Kier molecular flexibility index (Phi) is 6.16. The zero-order chi connectivity index (χ0) is 11.8. The molecule has 1 aliphatic rings. The van der Waals surface area contributed by atoms with E-state index in [1.807, 2.05) is 6.20 Å². The zero-order valence-electron chi connectivity index (χ0n) is 9.26. The number of rotatable bonds is 4. The largest absolute Gasteiger partial charge is 0.387 e. The van der Waals surface area contributed by atoms with Gasteiger partial charge in [-0.1, -0.05) is 28.1 Å². The summed E-state index contributed by atoms with van der Waals surface area (Å²) in [6, 6.07) is 0. The van der Waals surface area contributed by atoms with Crippen LogP contribution in [0, 0.1) is 5.92 Å². The first kappa shape index (κ1) is 13.2. The third kappa shape index (κ3) is 4.35. The Balaban J connectivity index is 2.84. The van der Waals surface area contributed by atoms with Gasteiger partial charge in [0.05, 0.1) is 0 Å². The zero-order valence-corrected chi connectivity index (χ0v) is 10.8. The molecular weight excluding hydrogens is 269 g/mol. The summed E-state index contributed by atoms with van der Waals surface area (Å²) in [5, 5.41) is 4.12. The van der Waals surface area contributed by atoms with Crippen LogP contribution in [-0.4, -0.2) is 11.9 Å². The van der Waals surface area contributed by atoms with Crippen molar-refractivity contribution in [3.63, 3.8) is 0 Å². The van der Waals surface area contributed by atoms with Gasteiger partial charge >= 0.3 is 0 Å². The fourth-order valence-electron chi connectivity index (χ4n) is 1.59. The highest BCUT2D eigenvalue weighted by Gasteiger charge is 2.09. The monoisotopic (exact) mass is 285 g/mol.